The second-order valence-electron chi connectivity index (χ2n) is 4.42. The highest BCUT2D eigenvalue weighted by molar-refractivity contribution is 7.09. The third kappa shape index (κ3) is 3.79. The molecular formula is C14H17N3O2S. The van der Waals surface area contributed by atoms with Gasteiger partial charge < -0.3 is 15.8 Å². The molecule has 1 aromatic heterocycles. The number of anilines is 1. The van der Waals surface area contributed by atoms with Crippen molar-refractivity contribution >= 4 is 22.9 Å². The van der Waals surface area contributed by atoms with Crippen molar-refractivity contribution in [1.82, 2.24) is 4.98 Å². The third-order valence-electron chi connectivity index (χ3n) is 2.65. The molecule has 3 N–H and O–H groups in total. The highest BCUT2D eigenvalue weighted by atomic mass is 32.1. The number of aromatic nitrogens is 1. The van der Waals surface area contributed by atoms with E-state index in [9.17, 15) is 4.79 Å². The maximum Gasteiger partial charge on any atom is 0.230 e. The zero-order valence-corrected chi connectivity index (χ0v) is 12.2. The van der Waals surface area contributed by atoms with Gasteiger partial charge in [-0.05, 0) is 19.1 Å². The maximum absolute atomic E-state index is 11.9. The number of carbonyl (C=O) groups excluding carboxylic acids is 1. The summed E-state index contributed by atoms with van der Waals surface area (Å²) in [5.74, 6) is 0.593. The van der Waals surface area contributed by atoms with Crippen LogP contribution < -0.4 is 15.8 Å². The van der Waals surface area contributed by atoms with Crippen molar-refractivity contribution in [1.29, 1.82) is 0 Å². The molecule has 0 radical (unpaired) electrons. The van der Waals surface area contributed by atoms with Crippen LogP contribution in [0.2, 0.25) is 0 Å². The molecule has 1 aromatic carbocycles. The van der Waals surface area contributed by atoms with E-state index >= 15 is 0 Å². The Morgan fingerprint density at radius 3 is 3.00 bits per heavy atom. The van der Waals surface area contributed by atoms with Crippen LogP contribution in [0, 0.1) is 0 Å². The summed E-state index contributed by atoms with van der Waals surface area (Å²) in [5.41, 5.74) is 7.19. The van der Waals surface area contributed by atoms with Gasteiger partial charge in [0.05, 0.1) is 25.3 Å². The molecule has 0 bridgehead atoms. The van der Waals surface area contributed by atoms with Crippen molar-refractivity contribution in [2.45, 2.75) is 19.4 Å². The Labute approximate surface area is 121 Å². The SMILES string of the molecule is COc1cccc(NC(=O)Cc2csc(C(C)N)n2)c1. The van der Waals surface area contributed by atoms with Gasteiger partial charge in [0.2, 0.25) is 5.91 Å². The molecule has 1 atom stereocenters. The Morgan fingerprint density at radius 1 is 1.55 bits per heavy atom. The monoisotopic (exact) mass is 291 g/mol. The minimum absolute atomic E-state index is 0.102. The average Bonchev–Trinajstić information content (AvgIpc) is 2.87. The fourth-order valence-corrected chi connectivity index (χ4v) is 2.46. The van der Waals surface area contributed by atoms with Gasteiger partial charge in [0.15, 0.2) is 0 Å². The molecule has 0 saturated heterocycles. The van der Waals surface area contributed by atoms with Crippen LogP contribution in [0.15, 0.2) is 29.6 Å². The van der Waals surface area contributed by atoms with Crippen LogP contribution in [0.5, 0.6) is 5.75 Å². The van der Waals surface area contributed by atoms with Crippen LogP contribution in [0.3, 0.4) is 0 Å². The van der Waals surface area contributed by atoms with E-state index in [2.05, 4.69) is 10.3 Å². The van der Waals surface area contributed by atoms with Crippen molar-refractivity contribution in [2.24, 2.45) is 5.73 Å². The number of ether oxygens (including phenoxy) is 1. The molecule has 0 aliphatic carbocycles. The second kappa shape index (κ2) is 6.49. The predicted molar refractivity (Wildman–Crippen MR) is 80.0 cm³/mol. The summed E-state index contributed by atoms with van der Waals surface area (Å²) in [7, 11) is 1.59. The van der Waals surface area contributed by atoms with E-state index in [1.54, 1.807) is 13.2 Å². The van der Waals surface area contributed by atoms with Gasteiger partial charge >= 0.3 is 0 Å². The van der Waals surface area contributed by atoms with E-state index in [1.165, 1.54) is 11.3 Å². The van der Waals surface area contributed by atoms with Gasteiger partial charge in [-0.2, -0.15) is 0 Å². The zero-order chi connectivity index (χ0) is 14.5. The molecule has 6 heteroatoms. The van der Waals surface area contributed by atoms with Gasteiger partial charge in [-0.25, -0.2) is 4.98 Å². The number of nitrogens with zero attached hydrogens (tertiary/aromatic N) is 1. The van der Waals surface area contributed by atoms with Gasteiger partial charge in [0, 0.05) is 17.1 Å². The van der Waals surface area contributed by atoms with Crippen LogP contribution in [-0.4, -0.2) is 18.0 Å². The molecule has 2 aromatic rings. The van der Waals surface area contributed by atoms with E-state index in [4.69, 9.17) is 10.5 Å². The van der Waals surface area contributed by atoms with Gasteiger partial charge in [0.25, 0.3) is 0 Å². The number of nitrogens with one attached hydrogen (secondary N) is 1. The third-order valence-corrected chi connectivity index (χ3v) is 3.75. The lowest BCUT2D eigenvalue weighted by atomic mass is 10.2. The quantitative estimate of drug-likeness (QED) is 0.886. The van der Waals surface area contributed by atoms with Crippen molar-refractivity contribution < 1.29 is 9.53 Å². The molecule has 1 unspecified atom stereocenters. The molecule has 1 heterocycles. The number of benzene rings is 1. The molecule has 0 saturated carbocycles. The average molecular weight is 291 g/mol. The fraction of sp³-hybridized carbons (Fsp3) is 0.286. The van der Waals surface area contributed by atoms with Gasteiger partial charge in [-0.1, -0.05) is 6.07 Å². The van der Waals surface area contributed by atoms with Crippen LogP contribution in [0.4, 0.5) is 5.69 Å². The minimum Gasteiger partial charge on any atom is -0.497 e. The summed E-state index contributed by atoms with van der Waals surface area (Å²) < 4.78 is 5.11. The number of hydrogen-bond acceptors (Lipinski definition) is 5. The first-order chi connectivity index (χ1) is 9.58. The van der Waals surface area contributed by atoms with Crippen molar-refractivity contribution in [3.8, 4) is 5.75 Å². The minimum atomic E-state index is -0.111. The highest BCUT2D eigenvalue weighted by Gasteiger charge is 2.10. The first kappa shape index (κ1) is 14.5. The Bertz CT molecular complexity index is 596. The lowest BCUT2D eigenvalue weighted by molar-refractivity contribution is -0.115. The van der Waals surface area contributed by atoms with E-state index in [0.717, 1.165) is 10.7 Å². The Kier molecular flexibility index (Phi) is 4.70. The summed E-state index contributed by atoms with van der Waals surface area (Å²) in [5, 5.41) is 5.52. The number of amides is 1. The smallest absolute Gasteiger partial charge is 0.230 e. The molecule has 20 heavy (non-hydrogen) atoms. The summed E-state index contributed by atoms with van der Waals surface area (Å²) in [6.45, 7) is 1.87. The van der Waals surface area contributed by atoms with Crippen molar-refractivity contribution in [3.05, 3.63) is 40.3 Å². The number of thiazole rings is 1. The molecule has 2 rings (SSSR count). The summed E-state index contributed by atoms with van der Waals surface area (Å²) >= 11 is 1.48. The lowest BCUT2D eigenvalue weighted by Crippen LogP contribution is -2.15. The van der Waals surface area contributed by atoms with E-state index < -0.39 is 0 Å². The van der Waals surface area contributed by atoms with Crippen LogP contribution in [0.25, 0.3) is 0 Å². The summed E-state index contributed by atoms with van der Waals surface area (Å²) in [6, 6.07) is 7.13. The van der Waals surface area contributed by atoms with Crippen LogP contribution >= 0.6 is 11.3 Å². The van der Waals surface area contributed by atoms with Crippen molar-refractivity contribution in [2.75, 3.05) is 12.4 Å². The van der Waals surface area contributed by atoms with Crippen molar-refractivity contribution in [3.63, 3.8) is 0 Å². The van der Waals surface area contributed by atoms with Gasteiger partial charge in [-0.15, -0.1) is 11.3 Å². The second-order valence-corrected chi connectivity index (χ2v) is 5.31. The Hall–Kier alpha value is -1.92. The lowest BCUT2D eigenvalue weighted by Gasteiger charge is -2.06. The Balaban J connectivity index is 1.97. The summed E-state index contributed by atoms with van der Waals surface area (Å²) in [4.78, 5) is 16.3. The molecule has 0 spiro atoms. The molecule has 5 nitrogen and oxygen atoms in total. The number of hydrogen-bond donors (Lipinski definition) is 2. The van der Waals surface area contributed by atoms with Crippen LogP contribution in [-0.2, 0) is 11.2 Å². The molecule has 0 fully saturated rings. The van der Waals surface area contributed by atoms with E-state index in [0.29, 0.717) is 11.4 Å². The number of methoxy groups -OCH3 is 1. The number of nitrogens with two attached hydrogens (primary N) is 1. The molecule has 106 valence electrons. The largest absolute Gasteiger partial charge is 0.497 e. The van der Waals surface area contributed by atoms with Gasteiger partial charge in [-0.3, -0.25) is 4.79 Å². The number of carbonyl (C=O) groups is 1. The maximum atomic E-state index is 11.9. The summed E-state index contributed by atoms with van der Waals surface area (Å²) in [6.07, 6.45) is 0.237. The molecular weight excluding hydrogens is 274 g/mol. The van der Waals surface area contributed by atoms with E-state index in [1.807, 2.05) is 30.5 Å². The fourth-order valence-electron chi connectivity index (χ4n) is 1.68. The molecule has 0 aliphatic heterocycles. The predicted octanol–water partition coefficient (Wildman–Crippen LogP) is 2.35. The normalized spacial score (nSPS) is 11.9. The van der Waals surface area contributed by atoms with E-state index in [-0.39, 0.29) is 18.4 Å². The Morgan fingerprint density at radius 2 is 2.35 bits per heavy atom. The first-order valence-corrected chi connectivity index (χ1v) is 7.10. The molecule has 1 amide bonds. The van der Waals surface area contributed by atoms with Gasteiger partial charge in [0.1, 0.15) is 10.8 Å². The highest BCUT2D eigenvalue weighted by Crippen LogP contribution is 2.18. The molecule has 0 aliphatic rings. The standard InChI is InChI=1S/C14H17N3O2S/c1-9(15)14-17-11(8-20-14)7-13(18)16-10-4-3-5-12(6-10)19-2/h3-6,8-9H,7,15H2,1-2H3,(H,16,18). The zero-order valence-electron chi connectivity index (χ0n) is 11.4. The van der Waals surface area contributed by atoms with Crippen LogP contribution in [0.1, 0.15) is 23.7 Å². The topological polar surface area (TPSA) is 77.2 Å². The first-order valence-electron chi connectivity index (χ1n) is 6.22. The number of rotatable bonds is 5.